The van der Waals surface area contributed by atoms with Crippen LogP contribution in [-0.2, 0) is 14.3 Å². The molecular weight excluding hydrogens is 508 g/mol. The van der Waals surface area contributed by atoms with Gasteiger partial charge in [-0.2, -0.15) is 0 Å². The molecule has 0 aromatic carbocycles. The minimum atomic E-state index is -1.000. The van der Waals surface area contributed by atoms with E-state index in [2.05, 4.69) is 33.9 Å². The lowest BCUT2D eigenvalue weighted by molar-refractivity contribution is -0.288. The number of fused-ring (bicyclic) bond motifs is 5. The van der Waals surface area contributed by atoms with Gasteiger partial charge in [-0.3, -0.25) is 4.79 Å². The van der Waals surface area contributed by atoms with Crippen molar-refractivity contribution in [2.45, 2.75) is 118 Å². The third-order valence-corrected chi connectivity index (χ3v) is 11.7. The molecule has 0 heterocycles. The number of esters is 1. The normalized spacial score (nSPS) is 45.0. The molecule has 7 nitrogen and oxygen atoms in total. The van der Waals surface area contributed by atoms with Gasteiger partial charge in [-0.25, -0.2) is 4.79 Å². The van der Waals surface area contributed by atoms with Crippen LogP contribution in [0.3, 0.4) is 0 Å². The van der Waals surface area contributed by atoms with Gasteiger partial charge in [0.2, 0.25) is 0 Å². The molecule has 0 aliphatic heterocycles. The van der Waals surface area contributed by atoms with Crippen LogP contribution in [0.4, 0.5) is 0 Å². The Balaban J connectivity index is 0.00000216. The highest BCUT2D eigenvalue weighted by atomic mass is 16.6. The zero-order valence-corrected chi connectivity index (χ0v) is 25.6. The fourth-order valence-corrected chi connectivity index (χ4v) is 9.86. The molecule has 0 radical (unpaired) electrons. The molecule has 0 bridgehead atoms. The Bertz CT molecular complexity index is 1040. The number of aliphatic hydroxyl groups is 3. The lowest BCUT2D eigenvalue weighted by atomic mass is 9.35. The van der Waals surface area contributed by atoms with Gasteiger partial charge in [-0.15, -0.1) is 13.2 Å². The first-order valence-corrected chi connectivity index (χ1v) is 14.9. The Kier molecular flexibility index (Phi) is 9.55. The number of allylic oxidation sites excluding steroid dienone is 2. The van der Waals surface area contributed by atoms with Crippen molar-refractivity contribution >= 4 is 11.9 Å². The van der Waals surface area contributed by atoms with Gasteiger partial charge in [0.1, 0.15) is 6.10 Å². The number of carboxylic acids is 1. The first-order valence-electron chi connectivity index (χ1n) is 14.9. The first-order chi connectivity index (χ1) is 18.6. The molecule has 0 spiro atoms. The topological polar surface area (TPSA) is 124 Å². The quantitative estimate of drug-likeness (QED) is 0.201. The molecule has 4 fully saturated rings. The molecule has 7 heteroatoms. The Morgan fingerprint density at radius 1 is 1.05 bits per heavy atom. The summed E-state index contributed by atoms with van der Waals surface area (Å²) < 4.78 is 5.90. The molecule has 4 N–H and O–H groups in total. The summed E-state index contributed by atoms with van der Waals surface area (Å²) in [5.41, 5.74) is 0.449. The Hall–Kier alpha value is -1.96. The lowest BCUT2D eigenvalue weighted by Gasteiger charge is -2.70. The highest BCUT2D eigenvalue weighted by Gasteiger charge is 2.73. The van der Waals surface area contributed by atoms with Gasteiger partial charge in [0.15, 0.2) is 0 Å². The Morgan fingerprint density at radius 3 is 2.23 bits per heavy atom. The van der Waals surface area contributed by atoms with E-state index in [9.17, 15) is 30.0 Å². The second-order valence-electron chi connectivity index (χ2n) is 13.7. The van der Waals surface area contributed by atoms with Crippen LogP contribution in [0.5, 0.6) is 0 Å². The molecule has 0 amide bonds. The van der Waals surface area contributed by atoms with Gasteiger partial charge in [0, 0.05) is 23.8 Å². The molecule has 0 aromatic heterocycles. The summed E-state index contributed by atoms with van der Waals surface area (Å²) in [4.78, 5) is 24.8. The molecule has 4 aliphatic rings. The van der Waals surface area contributed by atoms with E-state index < -0.39 is 47.2 Å². The maximum absolute atomic E-state index is 12.5. The second-order valence-corrected chi connectivity index (χ2v) is 13.7. The summed E-state index contributed by atoms with van der Waals surface area (Å²) in [6.07, 6.45) is 3.11. The second kappa shape index (κ2) is 11.7. The third kappa shape index (κ3) is 4.90. The van der Waals surface area contributed by atoms with Gasteiger partial charge in [0.05, 0.1) is 18.3 Å². The van der Waals surface area contributed by atoms with E-state index in [0.29, 0.717) is 36.8 Å². The minimum absolute atomic E-state index is 0.0727. The van der Waals surface area contributed by atoms with E-state index in [0.717, 1.165) is 24.8 Å². The van der Waals surface area contributed by atoms with E-state index in [1.54, 1.807) is 0 Å². The molecule has 40 heavy (non-hydrogen) atoms. The van der Waals surface area contributed by atoms with Gasteiger partial charge < -0.3 is 25.2 Å². The van der Waals surface area contributed by atoms with Crippen LogP contribution >= 0.6 is 0 Å². The van der Waals surface area contributed by atoms with E-state index >= 15 is 0 Å². The van der Waals surface area contributed by atoms with Crippen molar-refractivity contribution in [3.05, 3.63) is 36.0 Å². The number of hydrogen-bond donors (Lipinski definition) is 4. The lowest BCUT2D eigenvalue weighted by Crippen LogP contribution is -2.72. The number of ether oxygens (including phenoxy) is 1. The predicted octanol–water partition coefficient (Wildman–Crippen LogP) is 5.44. The van der Waals surface area contributed by atoms with Crippen molar-refractivity contribution in [2.75, 3.05) is 0 Å². The zero-order chi connectivity index (χ0) is 30.4. The number of hydrogen-bond acceptors (Lipinski definition) is 6. The first kappa shape index (κ1) is 32.6. The fraction of sp³-hybridized carbons (Fsp3) is 0.758. The maximum atomic E-state index is 12.5. The summed E-state index contributed by atoms with van der Waals surface area (Å²) >= 11 is 0. The van der Waals surface area contributed by atoms with Crippen molar-refractivity contribution in [1.29, 1.82) is 0 Å². The number of aliphatic hydroxyl groups excluding tert-OH is 3. The highest BCUT2D eigenvalue weighted by Crippen LogP contribution is 2.74. The summed E-state index contributed by atoms with van der Waals surface area (Å²) in [6, 6.07) is 0. The molecule has 4 rings (SSSR count). The molecule has 226 valence electrons. The molecule has 0 saturated heterocycles. The molecule has 11 atom stereocenters. The predicted molar refractivity (Wildman–Crippen MR) is 155 cm³/mol. The largest absolute Gasteiger partial charge is 0.478 e. The van der Waals surface area contributed by atoms with E-state index in [4.69, 9.17) is 4.74 Å². The highest BCUT2D eigenvalue weighted by molar-refractivity contribution is 5.88. The molecule has 4 saturated carbocycles. The summed E-state index contributed by atoms with van der Waals surface area (Å²) in [5.74, 6) is -1.88. The van der Waals surface area contributed by atoms with Crippen LogP contribution in [0, 0.1) is 39.9 Å². The van der Waals surface area contributed by atoms with Gasteiger partial charge in [-0.05, 0) is 93.0 Å². The van der Waals surface area contributed by atoms with Crippen LogP contribution in [0.15, 0.2) is 36.0 Å². The number of rotatable bonds is 5. The third-order valence-electron chi connectivity index (χ3n) is 11.7. The van der Waals surface area contributed by atoms with Crippen LogP contribution in [-0.4, -0.2) is 56.8 Å². The molecule has 11 unspecified atom stereocenters. The molecular formula is C33H52O7. The van der Waals surface area contributed by atoms with Crippen LogP contribution in [0.25, 0.3) is 0 Å². The van der Waals surface area contributed by atoms with Gasteiger partial charge in [-0.1, -0.05) is 39.3 Å². The smallest absolute Gasteiger partial charge is 0.331 e. The van der Waals surface area contributed by atoms with Crippen molar-refractivity contribution in [2.24, 2.45) is 39.9 Å². The van der Waals surface area contributed by atoms with Crippen molar-refractivity contribution in [3.63, 3.8) is 0 Å². The summed E-state index contributed by atoms with van der Waals surface area (Å²) in [6.45, 7) is 19.8. The van der Waals surface area contributed by atoms with Gasteiger partial charge in [0.25, 0.3) is 0 Å². The van der Waals surface area contributed by atoms with Crippen LogP contribution in [0.1, 0.15) is 93.4 Å². The Morgan fingerprint density at radius 2 is 1.68 bits per heavy atom. The zero-order valence-electron chi connectivity index (χ0n) is 25.6. The number of aliphatic carboxylic acids is 1. The van der Waals surface area contributed by atoms with Crippen LogP contribution < -0.4 is 0 Å². The monoisotopic (exact) mass is 560 g/mol. The minimum Gasteiger partial charge on any atom is -0.478 e. The Labute approximate surface area is 240 Å². The summed E-state index contributed by atoms with van der Waals surface area (Å²) in [5, 5.41) is 44.6. The number of carboxylic acid groups (broad SMARTS) is 1. The SMILES string of the molecule is C=C.CC(=O)OC1C2C(C)C(O)CCC2(C)C2CCC3/C(=C(\CCC=C(C)C)C(=O)O)C(O)CC3(C)C2(C)C1O. The summed E-state index contributed by atoms with van der Waals surface area (Å²) in [7, 11) is 0. The maximum Gasteiger partial charge on any atom is 0.331 e. The average molecular weight is 561 g/mol. The fourth-order valence-electron chi connectivity index (χ4n) is 9.86. The number of carbonyl (C=O) groups excluding carboxylic acids is 1. The van der Waals surface area contributed by atoms with Crippen molar-refractivity contribution < 1.29 is 34.8 Å². The average Bonchev–Trinajstić information content (AvgIpc) is 3.14. The van der Waals surface area contributed by atoms with E-state index in [1.807, 2.05) is 26.8 Å². The number of carbonyl (C=O) groups is 2. The van der Waals surface area contributed by atoms with Crippen molar-refractivity contribution in [1.82, 2.24) is 0 Å². The molecule has 0 aromatic rings. The van der Waals surface area contributed by atoms with Crippen LogP contribution in [0.2, 0.25) is 0 Å². The van der Waals surface area contributed by atoms with Gasteiger partial charge >= 0.3 is 11.9 Å². The standard InChI is InChI=1S/C31H48O7.C2H4/c1-16(2)9-8-10-19(28(36)37)24-20-11-12-23-29(5)14-13-21(33)17(3)25(29)26(38-18(4)32)27(35)31(23,7)30(20,6)15-22(24)34;1-2/h9,17,20-23,25-27,33-35H,8,10-15H2,1-7H3,(H,36,37);1-2H2/b24-19-;. The van der Waals surface area contributed by atoms with Crippen molar-refractivity contribution in [3.8, 4) is 0 Å². The van der Waals surface area contributed by atoms with E-state index in [1.165, 1.54) is 6.92 Å². The van der Waals surface area contributed by atoms with E-state index in [-0.39, 0.29) is 29.1 Å². The molecule has 4 aliphatic carbocycles.